The maximum absolute atomic E-state index is 13.8. The Kier molecular flexibility index (Phi) is 7.99. The van der Waals surface area contributed by atoms with Crippen LogP contribution in [-0.4, -0.2) is 41.3 Å². The van der Waals surface area contributed by atoms with Crippen LogP contribution >= 0.6 is 11.8 Å². The van der Waals surface area contributed by atoms with Crippen LogP contribution in [0.5, 0.6) is 0 Å². The summed E-state index contributed by atoms with van der Waals surface area (Å²) in [5.74, 6) is -0.667. The third-order valence-corrected chi connectivity index (χ3v) is 7.15. The molecule has 0 saturated carbocycles. The lowest BCUT2D eigenvalue weighted by Crippen LogP contribution is -2.45. The second kappa shape index (κ2) is 10.6. The van der Waals surface area contributed by atoms with Crippen LogP contribution in [0.25, 0.3) is 10.8 Å². The van der Waals surface area contributed by atoms with Crippen molar-refractivity contribution in [1.82, 2.24) is 9.29 Å². The maximum atomic E-state index is 13.8. The molecule has 1 aromatic heterocycles. The lowest BCUT2D eigenvalue weighted by atomic mass is 10.1. The van der Waals surface area contributed by atoms with E-state index in [-0.39, 0.29) is 17.4 Å². The average molecular weight is 518 g/mol. The summed E-state index contributed by atoms with van der Waals surface area (Å²) in [6, 6.07) is 12.6. The lowest BCUT2D eigenvalue weighted by Gasteiger charge is -2.30. The third-order valence-electron chi connectivity index (χ3n) is 5.05. The number of esters is 1. The molecule has 35 heavy (non-hydrogen) atoms. The molecule has 3 rings (SSSR count). The third kappa shape index (κ3) is 6.47. The topological polar surface area (TPSA) is 127 Å². The van der Waals surface area contributed by atoms with Gasteiger partial charge in [0.2, 0.25) is 16.0 Å². The van der Waals surface area contributed by atoms with Crippen LogP contribution in [0.15, 0.2) is 70.3 Å². The number of anilines is 1. The van der Waals surface area contributed by atoms with Crippen molar-refractivity contribution in [1.29, 1.82) is 0 Å². The summed E-state index contributed by atoms with van der Waals surface area (Å²) in [5.41, 5.74) is 6.13. The highest BCUT2D eigenvalue weighted by Crippen LogP contribution is 2.28. The number of nitrogens with two attached hydrogens (primary N) is 1. The number of hydrogen-bond acceptors (Lipinski definition) is 6. The van der Waals surface area contributed by atoms with Crippen molar-refractivity contribution in [3.63, 3.8) is 0 Å². The zero-order valence-corrected chi connectivity index (χ0v) is 21.5. The number of rotatable bonds is 7. The van der Waals surface area contributed by atoms with E-state index in [1.54, 1.807) is 39.0 Å². The molecule has 0 aliphatic rings. The maximum Gasteiger partial charge on any atom is 0.324 e. The fourth-order valence-electron chi connectivity index (χ4n) is 3.41. The smallest absolute Gasteiger partial charge is 0.324 e. The Labute approximate surface area is 210 Å². The summed E-state index contributed by atoms with van der Waals surface area (Å²) in [5, 5.41) is 4.02. The summed E-state index contributed by atoms with van der Waals surface area (Å²) in [7, 11) is -4.12. The number of hydrogen-bond donors (Lipinski definition) is 2. The second-order valence-electron chi connectivity index (χ2n) is 8.91. The minimum absolute atomic E-state index is 0.00859. The predicted molar refractivity (Wildman–Crippen MR) is 137 cm³/mol. The standard InChI is InChI=1S/C24H28ClN5O4S/c1-16(22(31)34-24(2,3)4)30(15-17-8-6-5-7-9-17)35(32,33)19-10-11-20-18(12-19)13-27-14-21(20)28-23(26)29-25/h5-14,16H,15H2,1-4H3,(H3,26,28,29)/t16-/m0/s1. The van der Waals surface area contributed by atoms with Crippen molar-refractivity contribution in [2.75, 3.05) is 5.32 Å². The van der Waals surface area contributed by atoms with Crippen LogP contribution in [-0.2, 0) is 26.1 Å². The molecule has 186 valence electrons. The van der Waals surface area contributed by atoms with Gasteiger partial charge in [0.05, 0.1) is 16.8 Å². The summed E-state index contributed by atoms with van der Waals surface area (Å²) in [6.07, 6.45) is 3.06. The largest absolute Gasteiger partial charge is 0.459 e. The predicted octanol–water partition coefficient (Wildman–Crippen LogP) is 4.04. The summed E-state index contributed by atoms with van der Waals surface area (Å²) >= 11 is 5.39. The van der Waals surface area contributed by atoms with Crippen molar-refractivity contribution in [2.24, 2.45) is 10.2 Å². The van der Waals surface area contributed by atoms with Crippen LogP contribution in [0.3, 0.4) is 0 Å². The number of sulfonamides is 1. The molecule has 0 fully saturated rings. The number of nitrogens with one attached hydrogen (secondary N) is 1. The van der Waals surface area contributed by atoms with E-state index >= 15 is 0 Å². The first-order valence-electron chi connectivity index (χ1n) is 10.8. The molecule has 3 N–H and O–H groups in total. The van der Waals surface area contributed by atoms with Gasteiger partial charge < -0.3 is 15.8 Å². The minimum atomic E-state index is -4.12. The molecule has 11 heteroatoms. The van der Waals surface area contributed by atoms with Gasteiger partial charge in [-0.25, -0.2) is 8.42 Å². The highest BCUT2D eigenvalue weighted by molar-refractivity contribution is 7.89. The quantitative estimate of drug-likeness (QED) is 0.275. The van der Waals surface area contributed by atoms with Crippen molar-refractivity contribution in [3.05, 3.63) is 66.5 Å². The van der Waals surface area contributed by atoms with E-state index in [1.165, 1.54) is 31.5 Å². The average Bonchev–Trinajstić information content (AvgIpc) is 2.81. The first-order chi connectivity index (χ1) is 16.4. The molecule has 1 heterocycles. The van der Waals surface area contributed by atoms with Crippen molar-refractivity contribution >= 4 is 50.2 Å². The van der Waals surface area contributed by atoms with Crippen LogP contribution in [0, 0.1) is 0 Å². The van der Waals surface area contributed by atoms with Gasteiger partial charge in [0.1, 0.15) is 11.6 Å². The lowest BCUT2D eigenvalue weighted by molar-refractivity contribution is -0.159. The number of carbonyl (C=O) groups is 1. The van der Waals surface area contributed by atoms with Gasteiger partial charge in [-0.05, 0) is 45.4 Å². The molecular formula is C24H28ClN5O4S. The zero-order chi connectivity index (χ0) is 25.8. The Morgan fingerprint density at radius 3 is 2.51 bits per heavy atom. The highest BCUT2D eigenvalue weighted by atomic mass is 35.5. The molecule has 1 atom stereocenters. The molecule has 0 radical (unpaired) electrons. The fourth-order valence-corrected chi connectivity index (χ4v) is 5.06. The molecular weight excluding hydrogens is 490 g/mol. The van der Waals surface area contributed by atoms with E-state index in [2.05, 4.69) is 14.8 Å². The van der Waals surface area contributed by atoms with E-state index in [1.807, 2.05) is 18.2 Å². The van der Waals surface area contributed by atoms with Crippen LogP contribution in [0.4, 0.5) is 5.69 Å². The number of ether oxygens (including phenoxy) is 1. The molecule has 0 aliphatic heterocycles. The molecule has 0 aliphatic carbocycles. The minimum Gasteiger partial charge on any atom is -0.459 e. The molecule has 0 spiro atoms. The molecule has 9 nitrogen and oxygen atoms in total. The SMILES string of the molecule is C[C@@H](C(=O)OC(C)(C)C)N(Cc1ccccc1)S(=O)(=O)c1ccc2c(NC(N)=NCl)cncc2c1. The van der Waals surface area contributed by atoms with Gasteiger partial charge in [-0.15, -0.1) is 4.51 Å². The molecule has 0 amide bonds. The summed E-state index contributed by atoms with van der Waals surface area (Å²) < 4.78 is 37.6. The summed E-state index contributed by atoms with van der Waals surface area (Å²) in [4.78, 5) is 17.0. The van der Waals surface area contributed by atoms with Crippen LogP contribution in [0.2, 0.25) is 0 Å². The monoisotopic (exact) mass is 517 g/mol. The van der Waals surface area contributed by atoms with Crippen molar-refractivity contribution in [3.8, 4) is 0 Å². The number of benzene rings is 2. The van der Waals surface area contributed by atoms with Crippen LogP contribution < -0.4 is 11.1 Å². The number of halogens is 1. The molecule has 0 unspecified atom stereocenters. The Bertz CT molecular complexity index is 1340. The number of guanidine groups is 1. The summed E-state index contributed by atoms with van der Waals surface area (Å²) in [6.45, 7) is 6.71. The van der Waals surface area contributed by atoms with Gasteiger partial charge >= 0.3 is 5.97 Å². The van der Waals surface area contributed by atoms with Gasteiger partial charge in [0.15, 0.2) is 0 Å². The number of nitrogens with zero attached hydrogens (tertiary/aromatic N) is 3. The normalized spacial score (nSPS) is 13.6. The second-order valence-corrected chi connectivity index (χ2v) is 11.0. The first kappa shape index (κ1) is 26.4. The van der Waals surface area contributed by atoms with Crippen molar-refractivity contribution in [2.45, 2.75) is 50.8 Å². The molecule has 0 bridgehead atoms. The van der Waals surface area contributed by atoms with Gasteiger partial charge in [0.25, 0.3) is 0 Å². The fraction of sp³-hybridized carbons (Fsp3) is 0.292. The number of carbonyl (C=O) groups excluding carboxylic acids is 1. The van der Waals surface area contributed by atoms with Gasteiger partial charge in [-0.1, -0.05) is 36.4 Å². The Hall–Kier alpha value is -3.21. The van der Waals surface area contributed by atoms with Gasteiger partial charge in [0, 0.05) is 35.3 Å². The van der Waals surface area contributed by atoms with Crippen molar-refractivity contribution < 1.29 is 17.9 Å². The zero-order valence-electron chi connectivity index (χ0n) is 19.9. The van der Waals surface area contributed by atoms with Gasteiger partial charge in [-0.3, -0.25) is 9.78 Å². The first-order valence-corrected chi connectivity index (χ1v) is 12.6. The Morgan fingerprint density at radius 1 is 1.20 bits per heavy atom. The van der Waals surface area contributed by atoms with Gasteiger partial charge in [-0.2, -0.15) is 4.31 Å². The molecule has 3 aromatic rings. The van der Waals surface area contributed by atoms with E-state index in [9.17, 15) is 13.2 Å². The molecule has 0 saturated heterocycles. The van der Waals surface area contributed by atoms with E-state index in [4.69, 9.17) is 22.2 Å². The van der Waals surface area contributed by atoms with E-state index in [0.717, 1.165) is 9.87 Å². The van der Waals surface area contributed by atoms with Crippen LogP contribution in [0.1, 0.15) is 33.3 Å². The Balaban J connectivity index is 2.05. The molecule has 2 aromatic carbocycles. The number of fused-ring (bicyclic) bond motifs is 1. The van der Waals surface area contributed by atoms with E-state index in [0.29, 0.717) is 16.5 Å². The highest BCUT2D eigenvalue weighted by Gasteiger charge is 2.35. The number of pyridine rings is 1. The van der Waals surface area contributed by atoms with E-state index < -0.39 is 27.6 Å². The number of aromatic nitrogens is 1. The Morgan fingerprint density at radius 2 is 1.89 bits per heavy atom.